The van der Waals surface area contributed by atoms with E-state index in [-0.39, 0.29) is 12.1 Å². The van der Waals surface area contributed by atoms with Gasteiger partial charge in [-0.2, -0.15) is 0 Å². The zero-order valence-electron chi connectivity index (χ0n) is 18.2. The quantitative estimate of drug-likeness (QED) is 0.509. The van der Waals surface area contributed by atoms with Gasteiger partial charge in [-0.05, 0) is 46.0 Å². The number of hydrogen-bond donors (Lipinski definition) is 2. The molecule has 2 atom stereocenters. The first-order valence-corrected chi connectivity index (χ1v) is 10.9. The lowest BCUT2D eigenvalue weighted by Gasteiger charge is -2.31. The standard InChI is InChI=1S/C22H37N5O2/c1-4-23-22(24-15-18-17-26(2)13-14-29-18)25-16-20(27-11-7-8-12-27)19-9-5-6-10-21(19)28-3/h5-6,9-10,18,20H,4,7-8,11-17H2,1-3H3,(H2,23,24,25). The van der Waals surface area contributed by atoms with Crippen LogP contribution >= 0.6 is 0 Å². The monoisotopic (exact) mass is 403 g/mol. The second kappa shape index (κ2) is 11.4. The molecule has 3 rings (SSSR count). The van der Waals surface area contributed by atoms with Gasteiger partial charge in [0.05, 0.1) is 32.4 Å². The maximum Gasteiger partial charge on any atom is 0.191 e. The Bertz CT molecular complexity index is 648. The molecule has 1 aromatic carbocycles. The molecule has 0 bridgehead atoms. The van der Waals surface area contributed by atoms with E-state index in [0.717, 1.165) is 57.6 Å². The van der Waals surface area contributed by atoms with Gasteiger partial charge in [-0.1, -0.05) is 18.2 Å². The number of morpholine rings is 1. The molecule has 2 aliphatic heterocycles. The van der Waals surface area contributed by atoms with Crippen LogP contribution in [-0.4, -0.2) is 88.4 Å². The Hall–Kier alpha value is -1.83. The van der Waals surface area contributed by atoms with Crippen LogP contribution in [0.2, 0.25) is 0 Å². The zero-order chi connectivity index (χ0) is 20.5. The summed E-state index contributed by atoms with van der Waals surface area (Å²) in [5.74, 6) is 1.79. The maximum absolute atomic E-state index is 5.87. The van der Waals surface area contributed by atoms with Crippen LogP contribution in [0.3, 0.4) is 0 Å². The fraction of sp³-hybridized carbons (Fsp3) is 0.682. The summed E-state index contributed by atoms with van der Waals surface area (Å²) in [6.07, 6.45) is 2.70. The number of ether oxygens (including phenoxy) is 2. The lowest BCUT2D eigenvalue weighted by Crippen LogP contribution is -2.48. The number of methoxy groups -OCH3 is 1. The number of para-hydroxylation sites is 1. The number of hydrogen-bond acceptors (Lipinski definition) is 5. The van der Waals surface area contributed by atoms with Crippen molar-refractivity contribution in [1.82, 2.24) is 20.4 Å². The number of likely N-dealkylation sites (tertiary alicyclic amines) is 1. The van der Waals surface area contributed by atoms with Gasteiger partial charge in [0.25, 0.3) is 0 Å². The minimum atomic E-state index is 0.196. The van der Waals surface area contributed by atoms with Gasteiger partial charge in [0.2, 0.25) is 0 Å². The van der Waals surface area contributed by atoms with E-state index in [4.69, 9.17) is 14.5 Å². The largest absolute Gasteiger partial charge is 0.496 e. The fourth-order valence-corrected chi connectivity index (χ4v) is 4.13. The first-order valence-electron chi connectivity index (χ1n) is 10.9. The highest BCUT2D eigenvalue weighted by atomic mass is 16.5. The van der Waals surface area contributed by atoms with Crippen LogP contribution in [0.5, 0.6) is 5.75 Å². The lowest BCUT2D eigenvalue weighted by atomic mass is 10.0. The summed E-state index contributed by atoms with van der Waals surface area (Å²) in [5.41, 5.74) is 1.22. The topological polar surface area (TPSA) is 61.4 Å². The van der Waals surface area contributed by atoms with Gasteiger partial charge in [-0.15, -0.1) is 0 Å². The molecule has 2 unspecified atom stereocenters. The SMILES string of the molecule is CCNC(=NCC(c1ccccc1OC)N1CCCC1)NCC1CN(C)CCO1. The third kappa shape index (κ3) is 6.32. The average Bonchev–Trinajstić information content (AvgIpc) is 3.27. The maximum atomic E-state index is 5.87. The van der Waals surface area contributed by atoms with Crippen LogP contribution in [0.15, 0.2) is 29.3 Å². The van der Waals surface area contributed by atoms with Crippen molar-refractivity contribution in [2.75, 3.05) is 66.6 Å². The van der Waals surface area contributed by atoms with Gasteiger partial charge < -0.3 is 25.0 Å². The highest BCUT2D eigenvalue weighted by Crippen LogP contribution is 2.31. The number of guanidine groups is 1. The van der Waals surface area contributed by atoms with Crippen molar-refractivity contribution in [2.45, 2.75) is 31.9 Å². The summed E-state index contributed by atoms with van der Waals surface area (Å²) in [4.78, 5) is 9.78. The zero-order valence-corrected chi connectivity index (χ0v) is 18.2. The molecule has 2 saturated heterocycles. The van der Waals surface area contributed by atoms with Gasteiger partial charge in [0, 0.05) is 31.7 Å². The van der Waals surface area contributed by atoms with Gasteiger partial charge in [0.15, 0.2) is 5.96 Å². The lowest BCUT2D eigenvalue weighted by molar-refractivity contribution is -0.0161. The van der Waals surface area contributed by atoms with Gasteiger partial charge in [-0.3, -0.25) is 9.89 Å². The molecule has 0 amide bonds. The molecular weight excluding hydrogens is 366 g/mol. The van der Waals surface area contributed by atoms with Gasteiger partial charge in [0.1, 0.15) is 5.75 Å². The number of nitrogens with one attached hydrogen (secondary N) is 2. The van der Waals surface area contributed by atoms with Crippen molar-refractivity contribution in [3.63, 3.8) is 0 Å². The highest BCUT2D eigenvalue weighted by molar-refractivity contribution is 5.79. The predicted octanol–water partition coefficient (Wildman–Crippen LogP) is 1.72. The molecule has 2 aliphatic rings. The predicted molar refractivity (Wildman–Crippen MR) is 118 cm³/mol. The van der Waals surface area contributed by atoms with Crippen LogP contribution in [0, 0.1) is 0 Å². The van der Waals surface area contributed by atoms with E-state index in [9.17, 15) is 0 Å². The highest BCUT2D eigenvalue weighted by Gasteiger charge is 2.26. The molecule has 7 heteroatoms. The summed E-state index contributed by atoms with van der Waals surface area (Å²) in [5, 5.41) is 6.85. The molecular formula is C22H37N5O2. The molecule has 2 N–H and O–H groups in total. The second-order valence-corrected chi connectivity index (χ2v) is 7.86. The van der Waals surface area contributed by atoms with E-state index >= 15 is 0 Å². The molecule has 0 spiro atoms. The number of nitrogens with zero attached hydrogens (tertiary/aromatic N) is 3. The molecule has 0 radical (unpaired) electrons. The number of rotatable bonds is 8. The normalized spacial score (nSPS) is 22.4. The van der Waals surface area contributed by atoms with Gasteiger partial charge >= 0.3 is 0 Å². The Morgan fingerprint density at radius 3 is 2.76 bits per heavy atom. The van der Waals surface area contributed by atoms with Crippen LogP contribution in [0.4, 0.5) is 0 Å². The van der Waals surface area contributed by atoms with E-state index in [2.05, 4.69) is 46.5 Å². The summed E-state index contributed by atoms with van der Waals surface area (Å²) in [6.45, 7) is 9.36. The van der Waals surface area contributed by atoms with E-state index in [1.54, 1.807) is 7.11 Å². The third-order valence-electron chi connectivity index (χ3n) is 5.68. The van der Waals surface area contributed by atoms with Crippen LogP contribution in [0.1, 0.15) is 31.4 Å². The Kier molecular flexibility index (Phi) is 8.58. The van der Waals surface area contributed by atoms with Crippen LogP contribution in [0.25, 0.3) is 0 Å². The molecule has 162 valence electrons. The Labute approximate surface area is 175 Å². The number of benzene rings is 1. The second-order valence-electron chi connectivity index (χ2n) is 7.86. The summed E-state index contributed by atoms with van der Waals surface area (Å²) < 4.78 is 11.5. The van der Waals surface area contributed by atoms with Gasteiger partial charge in [-0.25, -0.2) is 0 Å². The minimum Gasteiger partial charge on any atom is -0.496 e. The first kappa shape index (κ1) is 21.9. The van der Waals surface area contributed by atoms with Crippen molar-refractivity contribution in [3.8, 4) is 5.75 Å². The van der Waals surface area contributed by atoms with Crippen LogP contribution in [-0.2, 0) is 4.74 Å². The smallest absolute Gasteiger partial charge is 0.191 e. The molecule has 0 aromatic heterocycles. The molecule has 0 aliphatic carbocycles. The van der Waals surface area contributed by atoms with Crippen LogP contribution < -0.4 is 15.4 Å². The minimum absolute atomic E-state index is 0.196. The Balaban J connectivity index is 1.69. The van der Waals surface area contributed by atoms with Crippen molar-refractivity contribution in [1.29, 1.82) is 0 Å². The summed E-state index contributed by atoms with van der Waals surface area (Å²) in [6, 6.07) is 8.55. The fourth-order valence-electron chi connectivity index (χ4n) is 4.13. The Morgan fingerprint density at radius 2 is 2.03 bits per heavy atom. The van der Waals surface area contributed by atoms with Crippen molar-refractivity contribution >= 4 is 5.96 Å². The van der Waals surface area contributed by atoms with Crippen molar-refractivity contribution < 1.29 is 9.47 Å². The van der Waals surface area contributed by atoms with E-state index < -0.39 is 0 Å². The first-order chi connectivity index (χ1) is 14.2. The molecule has 2 heterocycles. The molecule has 2 fully saturated rings. The molecule has 0 saturated carbocycles. The van der Waals surface area contributed by atoms with E-state index in [0.29, 0.717) is 6.54 Å². The Morgan fingerprint density at radius 1 is 1.24 bits per heavy atom. The average molecular weight is 404 g/mol. The summed E-state index contributed by atoms with van der Waals surface area (Å²) >= 11 is 0. The van der Waals surface area contributed by atoms with Crippen molar-refractivity contribution in [3.05, 3.63) is 29.8 Å². The third-order valence-corrected chi connectivity index (χ3v) is 5.68. The number of likely N-dealkylation sites (N-methyl/N-ethyl adjacent to an activating group) is 1. The van der Waals surface area contributed by atoms with E-state index in [1.807, 2.05) is 12.1 Å². The molecule has 29 heavy (non-hydrogen) atoms. The van der Waals surface area contributed by atoms with Crippen molar-refractivity contribution in [2.24, 2.45) is 4.99 Å². The van der Waals surface area contributed by atoms with E-state index in [1.165, 1.54) is 18.4 Å². The summed E-state index contributed by atoms with van der Waals surface area (Å²) in [7, 11) is 3.89. The molecule has 7 nitrogen and oxygen atoms in total. The molecule has 1 aromatic rings. The number of aliphatic imine (C=N–C) groups is 1.